The van der Waals surface area contributed by atoms with Crippen molar-refractivity contribution in [1.29, 1.82) is 0 Å². The molecule has 3 atom stereocenters. The molecule has 2 unspecified atom stereocenters. The Hall–Kier alpha value is -2.94. The van der Waals surface area contributed by atoms with E-state index in [-0.39, 0.29) is 31.4 Å². The molecular weight excluding hydrogens is 398 g/mol. The Morgan fingerprint density at radius 1 is 1.29 bits per heavy atom. The minimum atomic E-state index is -0.735. The molecule has 0 aliphatic carbocycles. The third kappa shape index (κ3) is 5.22. The molecule has 2 aromatic rings. The second-order valence-electron chi connectivity index (χ2n) is 9.07. The molecule has 9 nitrogen and oxygen atoms in total. The summed E-state index contributed by atoms with van der Waals surface area (Å²) in [6, 6.07) is 6.31. The first-order valence-electron chi connectivity index (χ1n) is 10.4. The highest BCUT2D eigenvalue weighted by molar-refractivity contribution is 5.90. The van der Waals surface area contributed by atoms with E-state index >= 15 is 0 Å². The smallest absolute Gasteiger partial charge is 0.248 e. The SMILES string of the molecule is CNC(=O)[C@H]1CC(O)CN1C(=O)C(n1cc(COc2ccc(C)cc2)nn1)C(C)(C)C. The van der Waals surface area contributed by atoms with E-state index in [1.54, 1.807) is 6.20 Å². The number of hydrogen-bond acceptors (Lipinski definition) is 6. The lowest BCUT2D eigenvalue weighted by atomic mass is 9.85. The Morgan fingerprint density at radius 3 is 2.58 bits per heavy atom. The van der Waals surface area contributed by atoms with Crippen LogP contribution in [0.1, 0.15) is 44.5 Å². The lowest BCUT2D eigenvalue weighted by Crippen LogP contribution is -2.49. The van der Waals surface area contributed by atoms with Crippen LogP contribution in [0.15, 0.2) is 30.5 Å². The zero-order valence-corrected chi connectivity index (χ0v) is 18.7. The number of nitrogens with zero attached hydrogens (tertiary/aromatic N) is 4. The summed E-state index contributed by atoms with van der Waals surface area (Å²) in [4.78, 5) is 27.2. The molecule has 0 saturated carbocycles. The highest BCUT2D eigenvalue weighted by Gasteiger charge is 2.44. The van der Waals surface area contributed by atoms with Crippen molar-refractivity contribution in [3.8, 4) is 5.75 Å². The maximum absolute atomic E-state index is 13.5. The predicted molar refractivity (Wildman–Crippen MR) is 114 cm³/mol. The van der Waals surface area contributed by atoms with E-state index in [2.05, 4.69) is 15.6 Å². The van der Waals surface area contributed by atoms with Crippen molar-refractivity contribution in [3.05, 3.63) is 41.7 Å². The molecule has 1 aliphatic rings. The minimum Gasteiger partial charge on any atom is -0.487 e. The molecule has 1 aliphatic heterocycles. The molecule has 9 heteroatoms. The zero-order valence-electron chi connectivity index (χ0n) is 18.7. The first-order valence-corrected chi connectivity index (χ1v) is 10.4. The number of amides is 2. The third-order valence-electron chi connectivity index (χ3n) is 5.40. The molecule has 31 heavy (non-hydrogen) atoms. The number of likely N-dealkylation sites (N-methyl/N-ethyl adjacent to an activating group) is 1. The van der Waals surface area contributed by atoms with Crippen LogP contribution in [0.25, 0.3) is 0 Å². The van der Waals surface area contributed by atoms with E-state index in [9.17, 15) is 14.7 Å². The van der Waals surface area contributed by atoms with E-state index in [0.29, 0.717) is 5.69 Å². The molecule has 168 valence electrons. The standard InChI is InChI=1S/C22H31N5O4/c1-14-6-8-17(9-7-14)31-13-15-11-27(25-24-15)19(22(2,3)4)21(30)26-12-16(28)10-18(26)20(29)23-5/h6-9,11,16,18-19,28H,10,12-13H2,1-5H3,(H,23,29)/t16?,18-,19?/m1/s1. The topological polar surface area (TPSA) is 110 Å². The van der Waals surface area contributed by atoms with Gasteiger partial charge >= 0.3 is 0 Å². The van der Waals surface area contributed by atoms with Crippen molar-refractivity contribution in [2.24, 2.45) is 5.41 Å². The van der Waals surface area contributed by atoms with Gasteiger partial charge in [-0.15, -0.1) is 5.10 Å². The van der Waals surface area contributed by atoms with Crippen LogP contribution in [0.5, 0.6) is 5.75 Å². The van der Waals surface area contributed by atoms with Crippen LogP contribution >= 0.6 is 0 Å². The lowest BCUT2D eigenvalue weighted by Gasteiger charge is -2.34. The highest BCUT2D eigenvalue weighted by Crippen LogP contribution is 2.34. The van der Waals surface area contributed by atoms with Gasteiger partial charge in [-0.1, -0.05) is 43.7 Å². The number of β-amino-alcohol motifs (C(OH)–C–C–N with tert-alkyl or cyclic N) is 1. The number of carbonyl (C=O) groups is 2. The van der Waals surface area contributed by atoms with Gasteiger partial charge in [0.15, 0.2) is 0 Å². The van der Waals surface area contributed by atoms with Crippen LogP contribution in [0, 0.1) is 12.3 Å². The summed E-state index contributed by atoms with van der Waals surface area (Å²) in [5.41, 5.74) is 1.24. The number of benzene rings is 1. The van der Waals surface area contributed by atoms with Gasteiger partial charge in [0.1, 0.15) is 30.1 Å². The maximum Gasteiger partial charge on any atom is 0.248 e. The monoisotopic (exact) mass is 429 g/mol. The quantitative estimate of drug-likeness (QED) is 0.720. The molecule has 1 aromatic heterocycles. The fourth-order valence-corrected chi connectivity index (χ4v) is 3.81. The van der Waals surface area contributed by atoms with Crippen LogP contribution in [0.3, 0.4) is 0 Å². The molecule has 2 N–H and O–H groups in total. The van der Waals surface area contributed by atoms with E-state index in [4.69, 9.17) is 4.74 Å². The second-order valence-corrected chi connectivity index (χ2v) is 9.07. The Bertz CT molecular complexity index is 919. The largest absolute Gasteiger partial charge is 0.487 e. The highest BCUT2D eigenvalue weighted by atomic mass is 16.5. The maximum atomic E-state index is 13.5. The normalized spacial score (nSPS) is 19.9. The summed E-state index contributed by atoms with van der Waals surface area (Å²) < 4.78 is 7.30. The molecule has 3 rings (SSSR count). The summed E-state index contributed by atoms with van der Waals surface area (Å²) >= 11 is 0. The number of aliphatic hydroxyl groups is 1. The Balaban J connectivity index is 1.79. The van der Waals surface area contributed by atoms with Gasteiger partial charge in [0, 0.05) is 20.0 Å². The van der Waals surface area contributed by atoms with E-state index < -0.39 is 23.6 Å². The van der Waals surface area contributed by atoms with Crippen molar-refractivity contribution in [2.45, 2.75) is 58.9 Å². The Kier molecular flexibility index (Phi) is 6.64. The third-order valence-corrected chi connectivity index (χ3v) is 5.40. The van der Waals surface area contributed by atoms with Gasteiger partial charge in [0.05, 0.1) is 12.3 Å². The first-order chi connectivity index (χ1) is 14.6. The number of rotatable bonds is 6. The average molecular weight is 430 g/mol. The lowest BCUT2D eigenvalue weighted by molar-refractivity contribution is -0.144. The van der Waals surface area contributed by atoms with Crippen LogP contribution in [-0.2, 0) is 16.2 Å². The molecule has 1 aromatic carbocycles. The van der Waals surface area contributed by atoms with Gasteiger partial charge in [-0.3, -0.25) is 9.59 Å². The van der Waals surface area contributed by atoms with Crippen LogP contribution in [0.2, 0.25) is 0 Å². The van der Waals surface area contributed by atoms with Crippen molar-refractivity contribution in [1.82, 2.24) is 25.2 Å². The van der Waals surface area contributed by atoms with Crippen LogP contribution in [-0.4, -0.2) is 62.6 Å². The second kappa shape index (κ2) is 9.05. The van der Waals surface area contributed by atoms with Gasteiger partial charge in [0.2, 0.25) is 11.8 Å². The number of aromatic nitrogens is 3. The van der Waals surface area contributed by atoms with Crippen LogP contribution in [0.4, 0.5) is 0 Å². The molecule has 2 heterocycles. The fraction of sp³-hybridized carbons (Fsp3) is 0.545. The van der Waals surface area contributed by atoms with Gasteiger partial charge in [-0.05, 0) is 24.5 Å². The molecular formula is C22H31N5O4. The molecule has 0 bridgehead atoms. The molecule has 2 amide bonds. The predicted octanol–water partition coefficient (Wildman–Crippen LogP) is 1.46. The Morgan fingerprint density at radius 2 is 1.97 bits per heavy atom. The number of hydrogen-bond donors (Lipinski definition) is 2. The fourth-order valence-electron chi connectivity index (χ4n) is 3.81. The van der Waals surface area contributed by atoms with Crippen molar-refractivity contribution < 1.29 is 19.4 Å². The molecule has 1 saturated heterocycles. The number of nitrogens with one attached hydrogen (secondary N) is 1. The molecule has 0 spiro atoms. The molecule has 1 fully saturated rings. The minimum absolute atomic E-state index is 0.113. The van der Waals surface area contributed by atoms with Crippen molar-refractivity contribution in [2.75, 3.05) is 13.6 Å². The van der Waals surface area contributed by atoms with Crippen LogP contribution < -0.4 is 10.1 Å². The van der Waals surface area contributed by atoms with Gasteiger partial charge in [-0.2, -0.15) is 0 Å². The van der Waals surface area contributed by atoms with Gasteiger partial charge in [-0.25, -0.2) is 4.68 Å². The summed E-state index contributed by atoms with van der Waals surface area (Å²) in [5.74, 6) is 0.167. The van der Waals surface area contributed by atoms with E-state index in [1.165, 1.54) is 16.6 Å². The zero-order chi connectivity index (χ0) is 22.8. The molecule has 0 radical (unpaired) electrons. The number of carbonyl (C=O) groups excluding carboxylic acids is 2. The number of likely N-dealkylation sites (tertiary alicyclic amines) is 1. The summed E-state index contributed by atoms with van der Waals surface area (Å²) in [6.07, 6.45) is 1.18. The number of ether oxygens (including phenoxy) is 1. The first kappa shape index (κ1) is 22.7. The van der Waals surface area contributed by atoms with E-state index in [1.807, 2.05) is 52.0 Å². The Labute approximate surface area is 182 Å². The van der Waals surface area contributed by atoms with Gasteiger partial charge in [0.25, 0.3) is 0 Å². The average Bonchev–Trinajstić information content (AvgIpc) is 3.32. The van der Waals surface area contributed by atoms with Crippen molar-refractivity contribution >= 4 is 11.8 Å². The summed E-state index contributed by atoms with van der Waals surface area (Å²) in [6.45, 7) is 8.13. The van der Waals surface area contributed by atoms with E-state index in [0.717, 1.165) is 11.3 Å². The van der Waals surface area contributed by atoms with Gasteiger partial charge < -0.3 is 20.1 Å². The number of aryl methyl sites for hydroxylation is 1. The summed E-state index contributed by atoms with van der Waals surface area (Å²) in [5, 5.41) is 21.0. The summed E-state index contributed by atoms with van der Waals surface area (Å²) in [7, 11) is 1.52. The van der Waals surface area contributed by atoms with Crippen molar-refractivity contribution in [3.63, 3.8) is 0 Å². The number of aliphatic hydroxyl groups excluding tert-OH is 1.